The van der Waals surface area contributed by atoms with Crippen LogP contribution in [0.3, 0.4) is 0 Å². The second-order valence-electron chi connectivity index (χ2n) is 12.4. The second-order valence-corrected chi connectivity index (χ2v) is 12.4. The predicted molar refractivity (Wildman–Crippen MR) is 197 cm³/mol. The summed E-state index contributed by atoms with van der Waals surface area (Å²) in [7, 11) is 1.80. The monoisotopic (exact) mass is 657 g/mol. The fourth-order valence-electron chi connectivity index (χ4n) is 5.78. The van der Waals surface area contributed by atoms with Gasteiger partial charge in [0.15, 0.2) is 5.78 Å². The SMILES string of the molecule is CCCCCCCNC(=O)N(C)c1cccc(-c2ccc(C[C@H](Nc3ccccc3C(=O)c3ccccc3)c3nnc(CCC)o3)cc2)c1. The summed E-state index contributed by atoms with van der Waals surface area (Å²) in [6.45, 7) is 4.96. The molecule has 0 unspecified atom stereocenters. The Kier molecular flexibility index (Phi) is 12.7. The molecule has 0 aliphatic rings. The topological polar surface area (TPSA) is 100 Å². The molecule has 0 bridgehead atoms. The molecule has 0 fully saturated rings. The maximum atomic E-state index is 13.5. The molecule has 254 valence electrons. The number of nitrogens with one attached hydrogen (secondary N) is 2. The second kappa shape index (κ2) is 17.8. The van der Waals surface area contributed by atoms with Gasteiger partial charge in [0.25, 0.3) is 0 Å². The molecule has 8 heteroatoms. The quantitative estimate of drug-likeness (QED) is 0.0763. The Balaban J connectivity index is 1.31. The molecule has 5 aromatic rings. The molecule has 2 amide bonds. The highest BCUT2D eigenvalue weighted by atomic mass is 16.4. The number of carbonyl (C=O) groups excluding carboxylic acids is 2. The number of aryl methyl sites for hydroxylation is 1. The van der Waals surface area contributed by atoms with E-state index in [-0.39, 0.29) is 17.9 Å². The van der Waals surface area contributed by atoms with Gasteiger partial charge in [-0.3, -0.25) is 9.69 Å². The summed E-state index contributed by atoms with van der Waals surface area (Å²) in [5, 5.41) is 15.3. The Labute approximate surface area is 290 Å². The van der Waals surface area contributed by atoms with Gasteiger partial charge in [-0.1, -0.05) is 118 Å². The Hall–Kier alpha value is -5.24. The zero-order valence-corrected chi connectivity index (χ0v) is 28.8. The molecule has 1 heterocycles. The number of unbranched alkanes of at least 4 members (excludes halogenated alkanes) is 4. The summed E-state index contributed by atoms with van der Waals surface area (Å²) in [5.74, 6) is 1.01. The maximum Gasteiger partial charge on any atom is 0.321 e. The first-order valence-electron chi connectivity index (χ1n) is 17.4. The number of ketones is 1. The molecule has 4 aromatic carbocycles. The molecule has 0 saturated heterocycles. The first kappa shape index (κ1) is 35.1. The minimum atomic E-state index is -0.365. The number of benzene rings is 4. The van der Waals surface area contributed by atoms with E-state index >= 15 is 0 Å². The number of hydrogen-bond acceptors (Lipinski definition) is 6. The number of urea groups is 1. The van der Waals surface area contributed by atoms with E-state index in [4.69, 9.17) is 4.42 Å². The zero-order valence-electron chi connectivity index (χ0n) is 28.8. The third kappa shape index (κ3) is 9.66. The number of hydrogen-bond donors (Lipinski definition) is 2. The van der Waals surface area contributed by atoms with Crippen LogP contribution in [-0.4, -0.2) is 35.6 Å². The van der Waals surface area contributed by atoms with Gasteiger partial charge in [0.1, 0.15) is 6.04 Å². The standard InChI is InChI=1S/C41H47N5O3/c1-4-6-7-8-14-27-42-41(48)46(3)34-20-15-19-33(29-34)31-25-23-30(24-26-31)28-37(40-45-44-38(49-40)16-5-2)43-36-22-13-12-21-35(36)39(47)32-17-10-9-11-18-32/h9-13,15,17-26,29,37,43H,4-8,14,16,27-28H2,1-3H3,(H,42,48)/t37-/m0/s1. The predicted octanol–water partition coefficient (Wildman–Crippen LogP) is 9.43. The molecular weight excluding hydrogens is 610 g/mol. The Morgan fingerprint density at radius 2 is 1.53 bits per heavy atom. The number of amides is 2. The van der Waals surface area contributed by atoms with Crippen LogP contribution in [0, 0.1) is 0 Å². The van der Waals surface area contributed by atoms with Crippen LogP contribution in [0.4, 0.5) is 16.2 Å². The average Bonchev–Trinajstić information content (AvgIpc) is 3.62. The molecule has 1 aromatic heterocycles. The van der Waals surface area contributed by atoms with Gasteiger partial charge in [-0.2, -0.15) is 0 Å². The van der Waals surface area contributed by atoms with Crippen LogP contribution in [0.25, 0.3) is 11.1 Å². The van der Waals surface area contributed by atoms with E-state index in [0.29, 0.717) is 48.0 Å². The van der Waals surface area contributed by atoms with E-state index in [1.54, 1.807) is 11.9 Å². The molecule has 49 heavy (non-hydrogen) atoms. The lowest BCUT2D eigenvalue weighted by molar-refractivity contribution is 0.103. The summed E-state index contributed by atoms with van der Waals surface area (Å²) in [6, 6.07) is 32.7. The van der Waals surface area contributed by atoms with Gasteiger partial charge in [-0.15, -0.1) is 10.2 Å². The highest BCUT2D eigenvalue weighted by molar-refractivity contribution is 6.12. The smallest absolute Gasteiger partial charge is 0.321 e. The van der Waals surface area contributed by atoms with Crippen LogP contribution in [-0.2, 0) is 12.8 Å². The van der Waals surface area contributed by atoms with Gasteiger partial charge in [-0.05, 0) is 53.8 Å². The Morgan fingerprint density at radius 3 is 2.31 bits per heavy atom. The number of rotatable bonds is 17. The third-order valence-corrected chi connectivity index (χ3v) is 8.60. The highest BCUT2D eigenvalue weighted by Gasteiger charge is 2.22. The van der Waals surface area contributed by atoms with Crippen LogP contribution >= 0.6 is 0 Å². The van der Waals surface area contributed by atoms with Crippen molar-refractivity contribution in [1.82, 2.24) is 15.5 Å². The first-order chi connectivity index (χ1) is 24.0. The van der Waals surface area contributed by atoms with Crippen LogP contribution in [0.2, 0.25) is 0 Å². The molecule has 8 nitrogen and oxygen atoms in total. The molecule has 2 N–H and O–H groups in total. The van der Waals surface area contributed by atoms with E-state index in [0.717, 1.165) is 41.6 Å². The Bertz CT molecular complexity index is 1780. The molecule has 0 saturated carbocycles. The highest BCUT2D eigenvalue weighted by Crippen LogP contribution is 2.29. The van der Waals surface area contributed by atoms with E-state index in [2.05, 4.69) is 65.0 Å². The normalized spacial score (nSPS) is 11.6. The lowest BCUT2D eigenvalue weighted by Gasteiger charge is -2.20. The lowest BCUT2D eigenvalue weighted by atomic mass is 9.98. The summed E-state index contributed by atoms with van der Waals surface area (Å²) in [6.07, 6.45) is 7.94. The molecular formula is C41H47N5O3. The van der Waals surface area contributed by atoms with Gasteiger partial charge >= 0.3 is 6.03 Å². The summed E-state index contributed by atoms with van der Waals surface area (Å²) < 4.78 is 6.10. The van der Waals surface area contributed by atoms with Crippen molar-refractivity contribution in [2.24, 2.45) is 0 Å². The zero-order chi connectivity index (χ0) is 34.4. The van der Waals surface area contributed by atoms with Crippen LogP contribution in [0.15, 0.2) is 108 Å². The molecule has 5 rings (SSSR count). The van der Waals surface area contributed by atoms with E-state index in [1.165, 1.54) is 19.3 Å². The maximum absolute atomic E-state index is 13.5. The van der Waals surface area contributed by atoms with E-state index in [1.807, 2.05) is 72.8 Å². The lowest BCUT2D eigenvalue weighted by Crippen LogP contribution is -2.37. The number of nitrogens with zero attached hydrogens (tertiary/aromatic N) is 3. The van der Waals surface area contributed by atoms with Crippen molar-refractivity contribution in [1.29, 1.82) is 0 Å². The van der Waals surface area contributed by atoms with E-state index in [9.17, 15) is 9.59 Å². The van der Waals surface area contributed by atoms with Gasteiger partial charge < -0.3 is 15.1 Å². The molecule has 0 radical (unpaired) electrons. The largest absolute Gasteiger partial charge is 0.423 e. The van der Waals surface area contributed by atoms with Crippen molar-refractivity contribution < 1.29 is 14.0 Å². The summed E-state index contributed by atoms with van der Waals surface area (Å²) in [5.41, 5.74) is 5.87. The number of anilines is 2. The van der Waals surface area contributed by atoms with Crippen molar-refractivity contribution in [3.8, 4) is 11.1 Å². The van der Waals surface area contributed by atoms with Crippen LogP contribution in [0.1, 0.15) is 91.7 Å². The van der Waals surface area contributed by atoms with Gasteiger partial charge in [0.05, 0.1) is 0 Å². The molecule has 0 aliphatic carbocycles. The molecule has 0 spiro atoms. The van der Waals surface area contributed by atoms with E-state index < -0.39 is 0 Å². The molecule has 1 atom stereocenters. The fourth-order valence-corrected chi connectivity index (χ4v) is 5.78. The number of para-hydroxylation sites is 1. The van der Waals surface area contributed by atoms with Crippen molar-refractivity contribution in [2.75, 3.05) is 23.8 Å². The fraction of sp³-hybridized carbons (Fsp3) is 0.317. The first-order valence-corrected chi connectivity index (χ1v) is 17.4. The third-order valence-electron chi connectivity index (χ3n) is 8.60. The minimum absolute atomic E-state index is 0.0585. The van der Waals surface area contributed by atoms with Gasteiger partial charge in [0.2, 0.25) is 11.8 Å². The van der Waals surface area contributed by atoms with Crippen molar-refractivity contribution in [3.63, 3.8) is 0 Å². The average molecular weight is 658 g/mol. The number of carbonyl (C=O) groups is 2. The van der Waals surface area contributed by atoms with Crippen molar-refractivity contribution in [2.45, 2.75) is 71.3 Å². The van der Waals surface area contributed by atoms with Gasteiger partial charge in [-0.25, -0.2) is 4.79 Å². The minimum Gasteiger partial charge on any atom is -0.423 e. The number of aromatic nitrogens is 2. The van der Waals surface area contributed by atoms with Crippen LogP contribution in [0.5, 0.6) is 0 Å². The summed E-state index contributed by atoms with van der Waals surface area (Å²) >= 11 is 0. The summed E-state index contributed by atoms with van der Waals surface area (Å²) in [4.78, 5) is 28.0. The van der Waals surface area contributed by atoms with Crippen molar-refractivity contribution >= 4 is 23.2 Å². The Morgan fingerprint density at radius 1 is 0.776 bits per heavy atom. The van der Waals surface area contributed by atoms with Crippen LogP contribution < -0.4 is 15.5 Å². The van der Waals surface area contributed by atoms with Gasteiger partial charge in [0, 0.05) is 48.9 Å². The molecule has 0 aliphatic heterocycles. The van der Waals surface area contributed by atoms with Crippen molar-refractivity contribution in [3.05, 3.63) is 132 Å².